The minimum absolute atomic E-state index is 0.0689. The molecule has 3 aromatic rings. The van der Waals surface area contributed by atoms with E-state index in [0.717, 1.165) is 29.5 Å². The van der Waals surface area contributed by atoms with E-state index in [-0.39, 0.29) is 34.4 Å². The van der Waals surface area contributed by atoms with E-state index in [9.17, 15) is 22.8 Å². The molecule has 0 unspecified atom stereocenters. The summed E-state index contributed by atoms with van der Waals surface area (Å²) < 4.78 is 40.6. The van der Waals surface area contributed by atoms with E-state index in [1.165, 1.54) is 23.4 Å². The van der Waals surface area contributed by atoms with Gasteiger partial charge in [-0.1, -0.05) is 6.07 Å². The zero-order valence-corrected chi connectivity index (χ0v) is 19.8. The van der Waals surface area contributed by atoms with Crippen molar-refractivity contribution in [2.75, 3.05) is 16.8 Å². The number of carbonyl (C=O) groups excluding carboxylic acids is 2. The Morgan fingerprint density at radius 3 is 2.50 bits per heavy atom. The fourth-order valence-corrected chi connectivity index (χ4v) is 4.22. The van der Waals surface area contributed by atoms with Crippen molar-refractivity contribution < 1.29 is 22.8 Å². The van der Waals surface area contributed by atoms with Gasteiger partial charge in [0.15, 0.2) is 10.3 Å². The molecule has 4 rings (SSSR count). The number of carbonyl (C=O) groups is 2. The second-order valence-corrected chi connectivity index (χ2v) is 9.13. The Kier molecular flexibility index (Phi) is 6.97. The van der Waals surface area contributed by atoms with E-state index in [4.69, 9.17) is 11.1 Å². The predicted octanol–water partition coefficient (Wildman–Crippen LogP) is 4.84. The standard InChI is InChI=1S/C24H21F3N6O2S/c1-13-4-5-14(7-19(13)15-11-30-23(31-12-15)36-22(28)29)21(35)32-17-8-16(24(25,26)27)9-18(10-17)33-6-2-3-20(33)34/h4-5,7-12H,2-3,6H2,1H3,(H3,28,29)(H,32,35). The molecule has 0 spiro atoms. The molecule has 1 saturated heterocycles. The number of aromatic nitrogens is 2. The fraction of sp³-hybridized carbons (Fsp3) is 0.208. The Labute approximate surface area is 208 Å². The van der Waals surface area contributed by atoms with Crippen LogP contribution in [-0.2, 0) is 11.0 Å². The van der Waals surface area contributed by atoms with Crippen LogP contribution in [0.4, 0.5) is 24.5 Å². The maximum absolute atomic E-state index is 13.5. The first kappa shape index (κ1) is 25.2. The summed E-state index contributed by atoms with van der Waals surface area (Å²) in [5.41, 5.74) is 6.73. The molecule has 186 valence electrons. The summed E-state index contributed by atoms with van der Waals surface area (Å²) in [4.78, 5) is 34.7. The fourth-order valence-electron chi connectivity index (χ4n) is 3.81. The lowest BCUT2D eigenvalue weighted by molar-refractivity contribution is -0.137. The van der Waals surface area contributed by atoms with E-state index in [1.54, 1.807) is 18.2 Å². The Balaban J connectivity index is 1.62. The molecule has 2 amide bonds. The summed E-state index contributed by atoms with van der Waals surface area (Å²) >= 11 is 0.899. The highest BCUT2D eigenvalue weighted by Crippen LogP contribution is 2.36. The number of halogens is 3. The highest BCUT2D eigenvalue weighted by atomic mass is 32.2. The van der Waals surface area contributed by atoms with E-state index in [2.05, 4.69) is 15.3 Å². The van der Waals surface area contributed by atoms with Gasteiger partial charge in [0, 0.05) is 47.9 Å². The molecule has 0 saturated carbocycles. The average molecular weight is 515 g/mol. The number of alkyl halides is 3. The van der Waals surface area contributed by atoms with Gasteiger partial charge in [-0.3, -0.25) is 15.0 Å². The summed E-state index contributed by atoms with van der Waals surface area (Å²) in [6, 6.07) is 7.99. The molecule has 36 heavy (non-hydrogen) atoms. The lowest BCUT2D eigenvalue weighted by Gasteiger charge is -2.19. The van der Waals surface area contributed by atoms with Crippen molar-refractivity contribution in [3.05, 3.63) is 65.5 Å². The maximum atomic E-state index is 13.5. The van der Waals surface area contributed by atoms with Crippen LogP contribution in [-0.4, -0.2) is 33.5 Å². The smallest absolute Gasteiger partial charge is 0.378 e. The molecule has 2 heterocycles. The largest absolute Gasteiger partial charge is 0.416 e. The van der Waals surface area contributed by atoms with E-state index in [0.29, 0.717) is 29.2 Å². The number of amidine groups is 1. The summed E-state index contributed by atoms with van der Waals surface area (Å²) in [6.07, 6.45) is -0.756. The van der Waals surface area contributed by atoms with Crippen molar-refractivity contribution in [2.45, 2.75) is 31.1 Å². The quantitative estimate of drug-likeness (QED) is 0.194. The Hall–Kier alpha value is -3.93. The number of nitrogens with zero attached hydrogens (tertiary/aromatic N) is 3. The Morgan fingerprint density at radius 1 is 1.17 bits per heavy atom. The number of nitrogens with one attached hydrogen (secondary N) is 2. The number of anilines is 2. The van der Waals surface area contributed by atoms with Crippen LogP contribution >= 0.6 is 11.8 Å². The zero-order valence-electron chi connectivity index (χ0n) is 19.0. The monoisotopic (exact) mass is 514 g/mol. The molecule has 1 fully saturated rings. The third kappa shape index (κ3) is 5.65. The van der Waals surface area contributed by atoms with Crippen LogP contribution in [0.5, 0.6) is 0 Å². The van der Waals surface area contributed by atoms with E-state index >= 15 is 0 Å². The van der Waals surface area contributed by atoms with Crippen molar-refractivity contribution in [3.8, 4) is 11.1 Å². The van der Waals surface area contributed by atoms with Gasteiger partial charge < -0.3 is 16.0 Å². The first-order chi connectivity index (χ1) is 17.0. The van der Waals surface area contributed by atoms with Crippen molar-refractivity contribution >= 4 is 40.1 Å². The van der Waals surface area contributed by atoms with Crippen molar-refractivity contribution in [1.29, 1.82) is 5.41 Å². The molecule has 0 atom stereocenters. The van der Waals surface area contributed by atoms with Crippen LogP contribution in [0.2, 0.25) is 0 Å². The summed E-state index contributed by atoms with van der Waals surface area (Å²) in [5, 5.41) is 9.99. The SMILES string of the molecule is Cc1ccc(C(=O)Nc2cc(N3CCCC3=O)cc(C(F)(F)F)c2)cc1-c1cnc(SC(=N)N)nc1. The lowest BCUT2D eigenvalue weighted by atomic mass is 10.00. The van der Waals surface area contributed by atoms with Gasteiger partial charge in [-0.2, -0.15) is 13.2 Å². The number of nitrogens with two attached hydrogens (primary N) is 1. The molecular formula is C24H21F3N6O2S. The predicted molar refractivity (Wildman–Crippen MR) is 131 cm³/mol. The summed E-state index contributed by atoms with van der Waals surface area (Å²) in [7, 11) is 0. The third-order valence-corrected chi connectivity index (χ3v) is 6.14. The molecule has 0 radical (unpaired) electrons. The van der Waals surface area contributed by atoms with Crippen molar-refractivity contribution in [3.63, 3.8) is 0 Å². The highest BCUT2D eigenvalue weighted by molar-refractivity contribution is 8.13. The van der Waals surface area contributed by atoms with Gasteiger partial charge in [0.1, 0.15) is 0 Å². The second-order valence-electron chi connectivity index (χ2n) is 8.12. The number of hydrogen-bond donors (Lipinski definition) is 3. The van der Waals surface area contributed by atoms with Crippen LogP contribution < -0.4 is 16.0 Å². The number of aryl methyl sites for hydroxylation is 1. The summed E-state index contributed by atoms with van der Waals surface area (Å²) in [6.45, 7) is 2.15. The average Bonchev–Trinajstić information content (AvgIpc) is 3.24. The first-order valence-electron chi connectivity index (χ1n) is 10.8. The van der Waals surface area contributed by atoms with E-state index in [1.807, 2.05) is 6.92 Å². The maximum Gasteiger partial charge on any atom is 0.416 e. The van der Waals surface area contributed by atoms with Crippen LogP contribution in [0, 0.1) is 12.3 Å². The highest BCUT2D eigenvalue weighted by Gasteiger charge is 2.33. The number of benzene rings is 2. The first-order valence-corrected chi connectivity index (χ1v) is 11.6. The number of thioether (sulfide) groups is 1. The molecule has 1 aliphatic rings. The van der Waals surface area contributed by atoms with Crippen molar-refractivity contribution in [1.82, 2.24) is 9.97 Å². The molecule has 4 N–H and O–H groups in total. The van der Waals surface area contributed by atoms with Gasteiger partial charge in [0.05, 0.1) is 5.56 Å². The topological polar surface area (TPSA) is 125 Å². The van der Waals surface area contributed by atoms with Gasteiger partial charge in [-0.25, -0.2) is 9.97 Å². The second kappa shape index (κ2) is 9.97. The molecule has 1 aliphatic heterocycles. The van der Waals surface area contributed by atoms with Gasteiger partial charge in [-0.15, -0.1) is 0 Å². The molecular weight excluding hydrogens is 493 g/mol. The normalized spacial score (nSPS) is 13.7. The number of hydrogen-bond acceptors (Lipinski definition) is 6. The molecule has 0 bridgehead atoms. The number of rotatable bonds is 5. The Bertz CT molecular complexity index is 1340. The molecule has 2 aromatic carbocycles. The molecule has 12 heteroatoms. The van der Waals surface area contributed by atoms with Crippen LogP contribution in [0.3, 0.4) is 0 Å². The Morgan fingerprint density at radius 2 is 1.89 bits per heavy atom. The molecule has 8 nitrogen and oxygen atoms in total. The number of amides is 2. The summed E-state index contributed by atoms with van der Waals surface area (Å²) in [5.74, 6) is -0.872. The minimum Gasteiger partial charge on any atom is -0.378 e. The van der Waals surface area contributed by atoms with Gasteiger partial charge in [-0.05, 0) is 66.6 Å². The van der Waals surface area contributed by atoms with Crippen LogP contribution in [0.1, 0.15) is 34.3 Å². The lowest BCUT2D eigenvalue weighted by Crippen LogP contribution is -2.24. The zero-order chi connectivity index (χ0) is 26.0. The van der Waals surface area contributed by atoms with E-state index < -0.39 is 17.6 Å². The minimum atomic E-state index is -4.65. The molecule has 0 aliphatic carbocycles. The third-order valence-electron chi connectivity index (χ3n) is 5.53. The van der Waals surface area contributed by atoms with Crippen LogP contribution in [0.25, 0.3) is 11.1 Å². The van der Waals surface area contributed by atoms with Crippen molar-refractivity contribution in [2.24, 2.45) is 5.73 Å². The van der Waals surface area contributed by atoms with Gasteiger partial charge in [0.25, 0.3) is 5.91 Å². The molecule has 1 aromatic heterocycles. The van der Waals surface area contributed by atoms with Gasteiger partial charge in [0.2, 0.25) is 5.91 Å². The van der Waals surface area contributed by atoms with Gasteiger partial charge >= 0.3 is 6.18 Å². The van der Waals surface area contributed by atoms with Crippen LogP contribution in [0.15, 0.2) is 53.9 Å².